The van der Waals surface area contributed by atoms with Gasteiger partial charge in [0.15, 0.2) is 0 Å². The lowest BCUT2D eigenvalue weighted by atomic mass is 10.3. The highest BCUT2D eigenvalue weighted by atomic mass is 79.9. The third kappa shape index (κ3) is 3.61. The molecule has 0 spiro atoms. The summed E-state index contributed by atoms with van der Waals surface area (Å²) in [5.41, 5.74) is 2.81. The van der Waals surface area contributed by atoms with E-state index in [0.29, 0.717) is 6.04 Å². The molecule has 0 fully saturated rings. The van der Waals surface area contributed by atoms with Crippen LogP contribution in [0.2, 0.25) is 0 Å². The van der Waals surface area contributed by atoms with Crippen molar-refractivity contribution >= 4 is 27.7 Å². The molecule has 0 saturated carbocycles. The fourth-order valence-electron chi connectivity index (χ4n) is 1.04. The molecule has 0 aliphatic rings. The van der Waals surface area contributed by atoms with Crippen molar-refractivity contribution in [2.24, 2.45) is 5.84 Å². The van der Waals surface area contributed by atoms with Crippen LogP contribution in [0, 0.1) is 0 Å². The summed E-state index contributed by atoms with van der Waals surface area (Å²) in [5, 5.41) is 0. The molecule has 0 radical (unpaired) electrons. The zero-order valence-corrected chi connectivity index (χ0v) is 10.6. The zero-order valence-electron chi connectivity index (χ0n) is 8.16. The summed E-state index contributed by atoms with van der Waals surface area (Å²) in [5.74, 6) is 6.41. The van der Waals surface area contributed by atoms with Crippen LogP contribution in [0.15, 0.2) is 33.6 Å². The molecule has 14 heavy (non-hydrogen) atoms. The summed E-state index contributed by atoms with van der Waals surface area (Å²) in [4.78, 5) is 1.27. The van der Waals surface area contributed by atoms with Crippen LogP contribution in [0.1, 0.15) is 13.3 Å². The van der Waals surface area contributed by atoms with Crippen molar-refractivity contribution in [2.45, 2.75) is 24.3 Å². The first kappa shape index (κ1) is 12.0. The molecule has 1 unspecified atom stereocenters. The lowest BCUT2D eigenvalue weighted by Gasteiger charge is -2.13. The van der Waals surface area contributed by atoms with Gasteiger partial charge in [0.1, 0.15) is 0 Å². The molecule has 0 amide bonds. The molecule has 3 N–H and O–H groups in total. The van der Waals surface area contributed by atoms with Gasteiger partial charge in [0, 0.05) is 21.2 Å². The van der Waals surface area contributed by atoms with Gasteiger partial charge in [-0.05, 0) is 34.5 Å². The van der Waals surface area contributed by atoms with Crippen LogP contribution in [0.25, 0.3) is 0 Å². The summed E-state index contributed by atoms with van der Waals surface area (Å²) in [6.45, 7) is 2.13. The normalized spacial score (nSPS) is 12.8. The van der Waals surface area contributed by atoms with Gasteiger partial charge < -0.3 is 0 Å². The fourth-order valence-corrected chi connectivity index (χ4v) is 2.76. The van der Waals surface area contributed by atoms with Crippen LogP contribution >= 0.6 is 27.7 Å². The van der Waals surface area contributed by atoms with E-state index in [1.807, 2.05) is 23.9 Å². The lowest BCUT2D eigenvalue weighted by molar-refractivity contribution is 0.562. The van der Waals surface area contributed by atoms with E-state index in [1.165, 1.54) is 4.90 Å². The first-order chi connectivity index (χ1) is 6.77. The molecule has 0 aliphatic carbocycles. The van der Waals surface area contributed by atoms with Crippen LogP contribution in [0.5, 0.6) is 0 Å². The molecule has 0 saturated heterocycles. The third-order valence-electron chi connectivity index (χ3n) is 2.01. The van der Waals surface area contributed by atoms with Crippen molar-refractivity contribution in [3.8, 4) is 0 Å². The Labute approximate surface area is 97.7 Å². The Morgan fingerprint density at radius 3 is 2.79 bits per heavy atom. The standard InChI is InChI=1S/C10H15BrN2S/c1-2-8(13-12)7-14-10-6-4-3-5-9(10)11/h3-6,8,13H,2,7,12H2,1H3. The topological polar surface area (TPSA) is 38.0 Å². The predicted octanol–water partition coefficient (Wildman–Crippen LogP) is 2.78. The first-order valence-electron chi connectivity index (χ1n) is 4.61. The minimum atomic E-state index is 0.382. The Kier molecular flexibility index (Phi) is 5.55. The molecule has 1 atom stereocenters. The van der Waals surface area contributed by atoms with Gasteiger partial charge in [-0.15, -0.1) is 11.8 Å². The molecule has 4 heteroatoms. The minimum absolute atomic E-state index is 0.382. The highest BCUT2D eigenvalue weighted by Gasteiger charge is 2.05. The van der Waals surface area contributed by atoms with Gasteiger partial charge in [-0.25, -0.2) is 0 Å². The summed E-state index contributed by atoms with van der Waals surface area (Å²) in [7, 11) is 0. The van der Waals surface area contributed by atoms with E-state index in [4.69, 9.17) is 5.84 Å². The van der Waals surface area contributed by atoms with Gasteiger partial charge in [-0.1, -0.05) is 19.1 Å². The van der Waals surface area contributed by atoms with E-state index >= 15 is 0 Å². The van der Waals surface area contributed by atoms with Gasteiger partial charge in [0.05, 0.1) is 0 Å². The second kappa shape index (κ2) is 6.45. The van der Waals surface area contributed by atoms with Crippen molar-refractivity contribution in [3.63, 3.8) is 0 Å². The summed E-state index contributed by atoms with van der Waals surface area (Å²) in [6.07, 6.45) is 1.05. The molecule has 1 aromatic rings. The molecule has 1 aromatic carbocycles. The van der Waals surface area contributed by atoms with Crippen LogP contribution in [0.3, 0.4) is 0 Å². The molecule has 78 valence electrons. The second-order valence-electron chi connectivity index (χ2n) is 3.01. The summed E-state index contributed by atoms with van der Waals surface area (Å²) >= 11 is 5.33. The van der Waals surface area contributed by atoms with Crippen molar-refractivity contribution in [1.82, 2.24) is 5.43 Å². The predicted molar refractivity (Wildman–Crippen MR) is 66.3 cm³/mol. The van der Waals surface area contributed by atoms with E-state index in [-0.39, 0.29) is 0 Å². The number of hydrogen-bond donors (Lipinski definition) is 2. The third-order valence-corrected chi connectivity index (χ3v) is 4.20. The number of nitrogens with one attached hydrogen (secondary N) is 1. The first-order valence-corrected chi connectivity index (χ1v) is 6.39. The van der Waals surface area contributed by atoms with Crippen molar-refractivity contribution in [3.05, 3.63) is 28.7 Å². The molecular formula is C10H15BrN2S. The van der Waals surface area contributed by atoms with E-state index in [1.54, 1.807) is 0 Å². The summed E-state index contributed by atoms with van der Waals surface area (Å²) < 4.78 is 1.15. The number of nitrogens with two attached hydrogens (primary N) is 1. The maximum absolute atomic E-state index is 5.41. The molecule has 0 heterocycles. The highest BCUT2D eigenvalue weighted by molar-refractivity contribution is 9.10. The summed E-state index contributed by atoms with van der Waals surface area (Å²) in [6, 6.07) is 8.61. The number of halogens is 1. The van der Waals surface area contributed by atoms with Gasteiger partial charge in [-0.2, -0.15) is 0 Å². The molecule has 2 nitrogen and oxygen atoms in total. The Hall–Kier alpha value is -0.0300. The monoisotopic (exact) mass is 274 g/mol. The van der Waals surface area contributed by atoms with Gasteiger partial charge in [0.2, 0.25) is 0 Å². The van der Waals surface area contributed by atoms with Crippen molar-refractivity contribution in [2.75, 3.05) is 5.75 Å². The lowest BCUT2D eigenvalue weighted by Crippen LogP contribution is -2.36. The average molecular weight is 275 g/mol. The maximum atomic E-state index is 5.41. The SMILES string of the molecule is CCC(CSc1ccccc1Br)NN. The number of hydrazine groups is 1. The number of rotatable bonds is 5. The van der Waals surface area contributed by atoms with E-state index < -0.39 is 0 Å². The van der Waals surface area contributed by atoms with Crippen LogP contribution in [-0.4, -0.2) is 11.8 Å². The zero-order chi connectivity index (χ0) is 10.4. The molecule has 0 aliphatic heterocycles. The molecule has 0 aromatic heterocycles. The van der Waals surface area contributed by atoms with E-state index in [0.717, 1.165) is 16.6 Å². The van der Waals surface area contributed by atoms with E-state index in [2.05, 4.69) is 40.4 Å². The van der Waals surface area contributed by atoms with Gasteiger partial charge in [0.25, 0.3) is 0 Å². The van der Waals surface area contributed by atoms with Crippen molar-refractivity contribution in [1.29, 1.82) is 0 Å². The second-order valence-corrected chi connectivity index (χ2v) is 4.93. The van der Waals surface area contributed by atoms with E-state index in [9.17, 15) is 0 Å². The minimum Gasteiger partial charge on any atom is -0.271 e. The Bertz CT molecular complexity index is 277. The van der Waals surface area contributed by atoms with Crippen LogP contribution in [-0.2, 0) is 0 Å². The molecule has 0 bridgehead atoms. The highest BCUT2D eigenvalue weighted by Crippen LogP contribution is 2.27. The van der Waals surface area contributed by atoms with Crippen molar-refractivity contribution < 1.29 is 0 Å². The largest absolute Gasteiger partial charge is 0.271 e. The number of hydrogen-bond acceptors (Lipinski definition) is 3. The van der Waals surface area contributed by atoms with Crippen LogP contribution < -0.4 is 11.3 Å². The van der Waals surface area contributed by atoms with Crippen LogP contribution in [0.4, 0.5) is 0 Å². The molecular weight excluding hydrogens is 260 g/mol. The quantitative estimate of drug-likeness (QED) is 0.493. The maximum Gasteiger partial charge on any atom is 0.0311 e. The smallest absolute Gasteiger partial charge is 0.0311 e. The van der Waals surface area contributed by atoms with Gasteiger partial charge >= 0.3 is 0 Å². The Morgan fingerprint density at radius 2 is 2.21 bits per heavy atom. The fraction of sp³-hybridized carbons (Fsp3) is 0.400. The molecule has 1 rings (SSSR count). The average Bonchev–Trinajstić information content (AvgIpc) is 2.22. The number of thioether (sulfide) groups is 1. The number of benzene rings is 1. The Balaban J connectivity index is 2.49. The Morgan fingerprint density at radius 1 is 1.50 bits per heavy atom. The van der Waals surface area contributed by atoms with Gasteiger partial charge in [-0.3, -0.25) is 11.3 Å².